The summed E-state index contributed by atoms with van der Waals surface area (Å²) in [5.41, 5.74) is 1.22. The largest absolute Gasteiger partial charge is 0.467 e. The van der Waals surface area contributed by atoms with Crippen LogP contribution in [0.5, 0.6) is 0 Å². The van der Waals surface area contributed by atoms with Crippen molar-refractivity contribution in [3.63, 3.8) is 0 Å². The van der Waals surface area contributed by atoms with Crippen LogP contribution in [-0.2, 0) is 13.1 Å². The fourth-order valence-electron chi connectivity index (χ4n) is 2.05. The van der Waals surface area contributed by atoms with E-state index in [1.807, 2.05) is 24.6 Å². The number of aromatic nitrogens is 3. The maximum Gasteiger partial charge on any atom is 0.147 e. The number of nitrogens with one attached hydrogen (secondary N) is 1. The van der Waals surface area contributed by atoms with Crippen LogP contribution >= 0.6 is 0 Å². The molecule has 0 saturated heterocycles. The lowest BCUT2D eigenvalue weighted by Gasteiger charge is -2.05. The molecule has 1 aliphatic carbocycles. The van der Waals surface area contributed by atoms with Crippen LogP contribution in [0.3, 0.4) is 0 Å². The van der Waals surface area contributed by atoms with Gasteiger partial charge in [0.05, 0.1) is 6.26 Å². The first-order valence-corrected chi connectivity index (χ1v) is 6.39. The minimum atomic E-state index is 0.654. The molecule has 0 aromatic carbocycles. The molecule has 0 spiro atoms. The van der Waals surface area contributed by atoms with Crippen LogP contribution < -0.4 is 5.32 Å². The molecule has 1 aliphatic rings. The zero-order chi connectivity index (χ0) is 12.5. The summed E-state index contributed by atoms with van der Waals surface area (Å²) >= 11 is 0. The number of hydrogen-bond acceptors (Lipinski definition) is 4. The van der Waals surface area contributed by atoms with E-state index < -0.39 is 0 Å². The van der Waals surface area contributed by atoms with E-state index in [0.717, 1.165) is 24.0 Å². The molecule has 1 saturated carbocycles. The molecule has 0 amide bonds. The molecule has 0 atom stereocenters. The van der Waals surface area contributed by atoms with E-state index in [0.29, 0.717) is 12.6 Å². The van der Waals surface area contributed by atoms with Gasteiger partial charge in [0.25, 0.3) is 0 Å². The Morgan fingerprint density at radius 1 is 1.44 bits per heavy atom. The highest BCUT2D eigenvalue weighted by atomic mass is 16.3. The highest BCUT2D eigenvalue weighted by molar-refractivity contribution is 5.17. The third-order valence-electron chi connectivity index (χ3n) is 3.25. The van der Waals surface area contributed by atoms with Gasteiger partial charge in [0, 0.05) is 18.2 Å². The molecule has 18 heavy (non-hydrogen) atoms. The van der Waals surface area contributed by atoms with Gasteiger partial charge in [-0.05, 0) is 32.8 Å². The molecule has 2 aromatic heterocycles. The zero-order valence-electron chi connectivity index (χ0n) is 10.8. The monoisotopic (exact) mass is 246 g/mol. The molecule has 3 rings (SSSR count). The van der Waals surface area contributed by atoms with Gasteiger partial charge in [0.1, 0.15) is 24.0 Å². The van der Waals surface area contributed by atoms with Crippen molar-refractivity contribution in [2.75, 3.05) is 0 Å². The Balaban J connectivity index is 1.71. The Kier molecular flexibility index (Phi) is 2.91. The van der Waals surface area contributed by atoms with Crippen molar-refractivity contribution in [2.24, 2.45) is 0 Å². The quantitative estimate of drug-likeness (QED) is 0.874. The normalized spacial score (nSPS) is 15.2. The van der Waals surface area contributed by atoms with Gasteiger partial charge in [-0.1, -0.05) is 0 Å². The second kappa shape index (κ2) is 4.57. The van der Waals surface area contributed by atoms with Crippen molar-refractivity contribution in [2.45, 2.75) is 45.8 Å². The molecule has 0 bridgehead atoms. The summed E-state index contributed by atoms with van der Waals surface area (Å²) in [6.07, 6.45) is 4.35. The summed E-state index contributed by atoms with van der Waals surface area (Å²) in [5.74, 6) is 2.69. The Morgan fingerprint density at radius 3 is 2.94 bits per heavy atom. The first-order chi connectivity index (χ1) is 8.72. The number of aryl methyl sites for hydroxylation is 2. The number of rotatable bonds is 5. The van der Waals surface area contributed by atoms with E-state index >= 15 is 0 Å². The third kappa shape index (κ3) is 2.46. The second-order valence-corrected chi connectivity index (χ2v) is 4.89. The first kappa shape index (κ1) is 11.5. The average molecular weight is 246 g/mol. The summed E-state index contributed by atoms with van der Waals surface area (Å²) in [5, 5.41) is 7.86. The van der Waals surface area contributed by atoms with Gasteiger partial charge in [-0.3, -0.25) is 0 Å². The second-order valence-electron chi connectivity index (χ2n) is 4.89. The average Bonchev–Trinajstić information content (AvgIpc) is 2.97. The SMILES string of the molecule is Cc1nc(C)n(Cc2occc2CNC2CC2)n1. The fraction of sp³-hybridized carbons (Fsp3) is 0.538. The van der Waals surface area contributed by atoms with Crippen molar-refractivity contribution in [1.29, 1.82) is 0 Å². The van der Waals surface area contributed by atoms with Crippen molar-refractivity contribution in [3.05, 3.63) is 35.3 Å². The smallest absolute Gasteiger partial charge is 0.147 e. The van der Waals surface area contributed by atoms with E-state index in [4.69, 9.17) is 4.42 Å². The molecule has 1 N–H and O–H groups in total. The molecule has 2 heterocycles. The molecule has 5 heteroatoms. The molecular weight excluding hydrogens is 228 g/mol. The van der Waals surface area contributed by atoms with Crippen LogP contribution in [0.2, 0.25) is 0 Å². The molecule has 0 unspecified atom stereocenters. The summed E-state index contributed by atoms with van der Waals surface area (Å²) < 4.78 is 7.44. The van der Waals surface area contributed by atoms with E-state index in [1.165, 1.54) is 18.4 Å². The fourth-order valence-corrected chi connectivity index (χ4v) is 2.05. The summed E-state index contributed by atoms with van der Waals surface area (Å²) in [4.78, 5) is 4.30. The Hall–Kier alpha value is -1.62. The minimum Gasteiger partial charge on any atom is -0.467 e. The molecule has 2 aromatic rings. The topological polar surface area (TPSA) is 55.9 Å². The van der Waals surface area contributed by atoms with Crippen molar-refractivity contribution in [1.82, 2.24) is 20.1 Å². The predicted octanol–water partition coefficient (Wildman–Crippen LogP) is 1.79. The maximum absolute atomic E-state index is 5.56. The van der Waals surface area contributed by atoms with Gasteiger partial charge in [0.2, 0.25) is 0 Å². The molecular formula is C13H18N4O. The van der Waals surface area contributed by atoms with Crippen molar-refractivity contribution < 1.29 is 4.42 Å². The third-order valence-corrected chi connectivity index (χ3v) is 3.25. The maximum atomic E-state index is 5.56. The van der Waals surface area contributed by atoms with Gasteiger partial charge >= 0.3 is 0 Å². The number of furan rings is 1. The van der Waals surface area contributed by atoms with E-state index in [2.05, 4.69) is 15.4 Å². The highest BCUT2D eigenvalue weighted by Crippen LogP contribution is 2.20. The van der Waals surface area contributed by atoms with Crippen LogP contribution in [0, 0.1) is 13.8 Å². The van der Waals surface area contributed by atoms with Crippen LogP contribution in [0.1, 0.15) is 35.8 Å². The van der Waals surface area contributed by atoms with Crippen LogP contribution in [0.4, 0.5) is 0 Å². The molecule has 96 valence electrons. The van der Waals surface area contributed by atoms with E-state index in [-0.39, 0.29) is 0 Å². The van der Waals surface area contributed by atoms with Gasteiger partial charge in [0.15, 0.2) is 0 Å². The van der Waals surface area contributed by atoms with E-state index in [1.54, 1.807) is 6.26 Å². The minimum absolute atomic E-state index is 0.654. The number of nitrogens with zero attached hydrogens (tertiary/aromatic N) is 3. The van der Waals surface area contributed by atoms with Gasteiger partial charge in [-0.2, -0.15) is 5.10 Å². The molecule has 0 aliphatic heterocycles. The summed E-state index contributed by atoms with van der Waals surface area (Å²) in [7, 11) is 0. The van der Waals surface area contributed by atoms with Crippen molar-refractivity contribution >= 4 is 0 Å². The van der Waals surface area contributed by atoms with Crippen LogP contribution in [-0.4, -0.2) is 20.8 Å². The number of hydrogen-bond donors (Lipinski definition) is 1. The lowest BCUT2D eigenvalue weighted by atomic mass is 10.2. The standard InChI is InChI=1S/C13H18N4O/c1-9-15-10(2)17(16-9)8-13-11(5-6-18-13)7-14-12-3-4-12/h5-6,12,14H,3-4,7-8H2,1-2H3. The summed E-state index contributed by atoms with van der Waals surface area (Å²) in [6.45, 7) is 5.40. The summed E-state index contributed by atoms with van der Waals surface area (Å²) in [6, 6.07) is 2.74. The van der Waals surface area contributed by atoms with Crippen LogP contribution in [0.25, 0.3) is 0 Å². The van der Waals surface area contributed by atoms with Gasteiger partial charge in [-0.25, -0.2) is 9.67 Å². The zero-order valence-corrected chi connectivity index (χ0v) is 10.8. The van der Waals surface area contributed by atoms with Gasteiger partial charge in [-0.15, -0.1) is 0 Å². The van der Waals surface area contributed by atoms with Gasteiger partial charge < -0.3 is 9.73 Å². The lowest BCUT2D eigenvalue weighted by molar-refractivity contribution is 0.467. The Bertz CT molecular complexity index is 539. The first-order valence-electron chi connectivity index (χ1n) is 6.39. The lowest BCUT2D eigenvalue weighted by Crippen LogP contribution is -2.16. The molecule has 5 nitrogen and oxygen atoms in total. The Labute approximate surface area is 106 Å². The molecule has 1 fully saturated rings. The highest BCUT2D eigenvalue weighted by Gasteiger charge is 2.21. The van der Waals surface area contributed by atoms with E-state index in [9.17, 15) is 0 Å². The van der Waals surface area contributed by atoms with Crippen molar-refractivity contribution in [3.8, 4) is 0 Å². The predicted molar refractivity (Wildman–Crippen MR) is 67.2 cm³/mol. The Morgan fingerprint density at radius 2 is 2.28 bits per heavy atom. The molecule has 0 radical (unpaired) electrons. The van der Waals surface area contributed by atoms with Crippen LogP contribution in [0.15, 0.2) is 16.7 Å².